The van der Waals surface area contributed by atoms with Crippen molar-refractivity contribution < 1.29 is 9.84 Å². The van der Waals surface area contributed by atoms with Crippen molar-refractivity contribution >= 4 is 11.3 Å². The summed E-state index contributed by atoms with van der Waals surface area (Å²) in [4.78, 5) is 2.21. The molecule has 0 bridgehead atoms. The Morgan fingerprint density at radius 1 is 1.41 bits per heavy atom. The quantitative estimate of drug-likeness (QED) is 0.643. The summed E-state index contributed by atoms with van der Waals surface area (Å²) in [6.07, 6.45) is 5.40. The number of hydrogen-bond acceptors (Lipinski definition) is 3. The van der Waals surface area contributed by atoms with E-state index in [0.717, 1.165) is 17.4 Å². The Kier molecular flexibility index (Phi) is 5.06. The summed E-state index contributed by atoms with van der Waals surface area (Å²) < 4.78 is 5.66. The lowest BCUT2D eigenvalue weighted by atomic mass is 9.83. The van der Waals surface area contributed by atoms with E-state index in [2.05, 4.69) is 17.9 Å². The largest absolute Gasteiger partial charge is 0.384 e. The number of thiophene rings is 1. The second-order valence-corrected chi connectivity index (χ2v) is 5.53. The average Bonchev–Trinajstić information content (AvgIpc) is 2.71. The van der Waals surface area contributed by atoms with Gasteiger partial charge in [-0.15, -0.1) is 11.3 Å². The van der Waals surface area contributed by atoms with Gasteiger partial charge in [-0.1, -0.05) is 31.1 Å². The number of hydrogen-bond donors (Lipinski definition) is 1. The fraction of sp³-hybridized carbons (Fsp3) is 0.571. The zero-order valence-electron chi connectivity index (χ0n) is 9.95. The molecule has 1 N–H and O–H groups in total. The predicted octanol–water partition coefficient (Wildman–Crippen LogP) is 2.80. The average molecular weight is 250 g/mol. The van der Waals surface area contributed by atoms with E-state index in [-0.39, 0.29) is 6.61 Å². The third kappa shape index (κ3) is 4.16. The summed E-state index contributed by atoms with van der Waals surface area (Å²) in [6.45, 7) is 1.49. The molecule has 2 rings (SSSR count). The molecular formula is C14H18O2S. The fourth-order valence-electron chi connectivity index (χ4n) is 1.85. The fourth-order valence-corrected chi connectivity index (χ4v) is 2.67. The molecule has 0 amide bonds. The molecule has 0 radical (unpaired) electrons. The van der Waals surface area contributed by atoms with Crippen LogP contribution in [0.5, 0.6) is 0 Å². The maximum Gasteiger partial charge on any atom is 0.104 e. The van der Waals surface area contributed by atoms with Gasteiger partial charge >= 0.3 is 0 Å². The smallest absolute Gasteiger partial charge is 0.104 e. The molecule has 92 valence electrons. The molecule has 0 aliphatic heterocycles. The van der Waals surface area contributed by atoms with Crippen molar-refractivity contribution in [2.75, 3.05) is 13.2 Å². The monoisotopic (exact) mass is 250 g/mol. The van der Waals surface area contributed by atoms with Crippen LogP contribution in [0.3, 0.4) is 0 Å². The van der Waals surface area contributed by atoms with Gasteiger partial charge in [0.05, 0.1) is 11.5 Å². The molecule has 3 heteroatoms. The highest BCUT2D eigenvalue weighted by Gasteiger charge is 2.16. The summed E-state index contributed by atoms with van der Waals surface area (Å²) in [5.41, 5.74) is 0. The summed E-state index contributed by atoms with van der Waals surface area (Å²) in [5.74, 6) is 6.48. The number of aliphatic hydroxyl groups is 1. The standard InChI is InChI=1S/C14H18O2S/c15-9-2-5-13-6-7-14(17-13)11-16-10-8-12-3-1-4-12/h6-7,12,15H,1,3-4,8-11H2. The van der Waals surface area contributed by atoms with Crippen LogP contribution in [0.2, 0.25) is 0 Å². The van der Waals surface area contributed by atoms with Crippen molar-refractivity contribution in [2.45, 2.75) is 32.3 Å². The summed E-state index contributed by atoms with van der Waals surface area (Å²) >= 11 is 1.64. The molecule has 0 atom stereocenters. The molecule has 17 heavy (non-hydrogen) atoms. The van der Waals surface area contributed by atoms with Crippen molar-refractivity contribution in [1.82, 2.24) is 0 Å². The van der Waals surface area contributed by atoms with E-state index in [1.807, 2.05) is 6.07 Å². The van der Waals surface area contributed by atoms with Gasteiger partial charge in [-0.05, 0) is 24.5 Å². The molecule has 1 heterocycles. The van der Waals surface area contributed by atoms with Gasteiger partial charge in [0.25, 0.3) is 0 Å². The van der Waals surface area contributed by atoms with Crippen LogP contribution < -0.4 is 0 Å². The van der Waals surface area contributed by atoms with Crippen molar-refractivity contribution in [3.05, 3.63) is 21.9 Å². The first-order valence-corrected chi connectivity index (χ1v) is 6.96. The normalized spacial score (nSPS) is 15.1. The first-order chi connectivity index (χ1) is 8.38. The lowest BCUT2D eigenvalue weighted by molar-refractivity contribution is 0.0966. The van der Waals surface area contributed by atoms with E-state index in [0.29, 0.717) is 6.61 Å². The van der Waals surface area contributed by atoms with E-state index < -0.39 is 0 Å². The molecule has 1 aliphatic carbocycles. The Bertz CT molecular complexity index is 396. The zero-order chi connectivity index (χ0) is 11.9. The summed E-state index contributed by atoms with van der Waals surface area (Å²) in [5, 5.41) is 8.59. The van der Waals surface area contributed by atoms with Gasteiger partial charge in [-0.3, -0.25) is 0 Å². The lowest BCUT2D eigenvalue weighted by Gasteiger charge is -2.24. The Morgan fingerprint density at radius 3 is 3.00 bits per heavy atom. The minimum Gasteiger partial charge on any atom is -0.384 e. The molecule has 2 nitrogen and oxygen atoms in total. The molecule has 1 aliphatic rings. The lowest BCUT2D eigenvalue weighted by Crippen LogP contribution is -2.13. The molecule has 1 saturated carbocycles. The predicted molar refractivity (Wildman–Crippen MR) is 69.9 cm³/mol. The number of ether oxygens (including phenoxy) is 1. The molecule has 1 fully saturated rings. The third-order valence-corrected chi connectivity index (χ3v) is 4.07. The van der Waals surface area contributed by atoms with Gasteiger partial charge in [0.2, 0.25) is 0 Å². The molecule has 0 unspecified atom stereocenters. The van der Waals surface area contributed by atoms with Gasteiger partial charge in [0.15, 0.2) is 0 Å². The third-order valence-electron chi connectivity index (χ3n) is 3.09. The topological polar surface area (TPSA) is 29.5 Å². The molecule has 0 aromatic carbocycles. The number of rotatable bonds is 5. The Morgan fingerprint density at radius 2 is 2.29 bits per heavy atom. The van der Waals surface area contributed by atoms with Gasteiger partial charge in [-0.25, -0.2) is 0 Å². The van der Waals surface area contributed by atoms with Crippen LogP contribution in [-0.4, -0.2) is 18.3 Å². The summed E-state index contributed by atoms with van der Waals surface area (Å²) in [7, 11) is 0. The highest BCUT2D eigenvalue weighted by molar-refractivity contribution is 7.12. The van der Waals surface area contributed by atoms with E-state index in [4.69, 9.17) is 9.84 Å². The van der Waals surface area contributed by atoms with Crippen molar-refractivity contribution in [1.29, 1.82) is 0 Å². The van der Waals surface area contributed by atoms with Crippen LogP contribution >= 0.6 is 11.3 Å². The molecular weight excluding hydrogens is 232 g/mol. The van der Waals surface area contributed by atoms with E-state index in [1.165, 1.54) is 30.6 Å². The van der Waals surface area contributed by atoms with E-state index in [1.54, 1.807) is 11.3 Å². The van der Waals surface area contributed by atoms with Crippen LogP contribution in [0.4, 0.5) is 0 Å². The van der Waals surface area contributed by atoms with Crippen LogP contribution in [0.1, 0.15) is 35.4 Å². The van der Waals surface area contributed by atoms with Crippen LogP contribution in [-0.2, 0) is 11.3 Å². The Labute approximate surface area is 107 Å². The van der Waals surface area contributed by atoms with Crippen molar-refractivity contribution in [2.24, 2.45) is 5.92 Å². The first-order valence-electron chi connectivity index (χ1n) is 6.14. The van der Waals surface area contributed by atoms with Crippen molar-refractivity contribution in [3.63, 3.8) is 0 Å². The number of aliphatic hydroxyl groups excluding tert-OH is 1. The second kappa shape index (κ2) is 6.80. The maximum absolute atomic E-state index is 8.59. The first kappa shape index (κ1) is 12.6. The highest BCUT2D eigenvalue weighted by atomic mass is 32.1. The molecule has 0 saturated heterocycles. The van der Waals surface area contributed by atoms with Crippen LogP contribution in [0.25, 0.3) is 0 Å². The minimum absolute atomic E-state index is 0.0783. The maximum atomic E-state index is 8.59. The van der Waals surface area contributed by atoms with E-state index >= 15 is 0 Å². The Hall–Kier alpha value is -0.820. The molecule has 0 spiro atoms. The van der Waals surface area contributed by atoms with Gasteiger partial charge in [0, 0.05) is 11.5 Å². The zero-order valence-corrected chi connectivity index (χ0v) is 10.8. The minimum atomic E-state index is -0.0783. The van der Waals surface area contributed by atoms with Gasteiger partial charge in [-0.2, -0.15) is 0 Å². The Balaban J connectivity index is 1.65. The summed E-state index contributed by atoms with van der Waals surface area (Å²) in [6, 6.07) is 4.04. The SMILES string of the molecule is OCC#Cc1ccc(COCCC2CCC2)s1. The van der Waals surface area contributed by atoms with Crippen LogP contribution in [0.15, 0.2) is 12.1 Å². The van der Waals surface area contributed by atoms with Gasteiger partial charge in [0.1, 0.15) is 6.61 Å². The molecule has 1 aromatic heterocycles. The van der Waals surface area contributed by atoms with E-state index in [9.17, 15) is 0 Å². The van der Waals surface area contributed by atoms with Crippen LogP contribution in [0, 0.1) is 17.8 Å². The highest BCUT2D eigenvalue weighted by Crippen LogP contribution is 2.29. The molecule has 1 aromatic rings. The van der Waals surface area contributed by atoms with Gasteiger partial charge < -0.3 is 9.84 Å². The second-order valence-electron chi connectivity index (χ2n) is 4.36. The van der Waals surface area contributed by atoms with Crippen molar-refractivity contribution in [3.8, 4) is 11.8 Å².